The number of rotatable bonds is 4. The lowest BCUT2D eigenvalue weighted by Crippen LogP contribution is -2.35. The number of amides is 2. The minimum absolute atomic E-state index is 0.0676. The molecule has 0 unspecified atom stereocenters. The summed E-state index contributed by atoms with van der Waals surface area (Å²) in [7, 11) is 1.74. The normalized spacial score (nSPS) is 16.2. The molecule has 24 heavy (non-hydrogen) atoms. The van der Waals surface area contributed by atoms with Gasteiger partial charge in [0.15, 0.2) is 0 Å². The van der Waals surface area contributed by atoms with E-state index in [-0.39, 0.29) is 18.2 Å². The van der Waals surface area contributed by atoms with E-state index >= 15 is 0 Å². The van der Waals surface area contributed by atoms with Crippen molar-refractivity contribution in [3.8, 4) is 0 Å². The molecule has 3 rings (SSSR count). The first-order valence-corrected chi connectivity index (χ1v) is 8.83. The van der Waals surface area contributed by atoms with E-state index in [0.29, 0.717) is 11.6 Å². The van der Waals surface area contributed by atoms with Crippen LogP contribution in [0.3, 0.4) is 0 Å². The first-order valence-electron chi connectivity index (χ1n) is 7.58. The van der Waals surface area contributed by atoms with Gasteiger partial charge in [0.2, 0.25) is 11.8 Å². The van der Waals surface area contributed by atoms with E-state index in [4.69, 9.17) is 11.6 Å². The molecule has 124 valence electrons. The molecule has 2 aromatic carbocycles. The van der Waals surface area contributed by atoms with E-state index in [2.05, 4.69) is 5.32 Å². The van der Waals surface area contributed by atoms with Gasteiger partial charge in [-0.2, -0.15) is 0 Å². The van der Waals surface area contributed by atoms with Crippen molar-refractivity contribution in [1.29, 1.82) is 0 Å². The Balaban J connectivity index is 1.63. The highest BCUT2D eigenvalue weighted by Gasteiger charge is 2.29. The number of hydrogen-bond acceptors (Lipinski definition) is 3. The van der Waals surface area contributed by atoms with Gasteiger partial charge in [-0.1, -0.05) is 35.9 Å². The van der Waals surface area contributed by atoms with Crippen LogP contribution in [0, 0.1) is 0 Å². The second kappa shape index (κ2) is 7.28. The maximum atomic E-state index is 12.5. The fraction of sp³-hybridized carbons (Fsp3) is 0.222. The van der Waals surface area contributed by atoms with Crippen LogP contribution in [0.25, 0.3) is 0 Å². The SMILES string of the molecule is CN(Cc1cccc(Cl)c1)C(=O)C[C@H]1Sc2ccccc2NC1=O. The third-order valence-corrected chi connectivity index (χ3v) is 5.31. The smallest absolute Gasteiger partial charge is 0.238 e. The van der Waals surface area contributed by atoms with Crippen molar-refractivity contribution in [2.24, 2.45) is 0 Å². The van der Waals surface area contributed by atoms with Crippen LogP contribution in [-0.2, 0) is 16.1 Å². The monoisotopic (exact) mass is 360 g/mol. The van der Waals surface area contributed by atoms with Crippen LogP contribution < -0.4 is 5.32 Å². The van der Waals surface area contributed by atoms with E-state index in [9.17, 15) is 9.59 Å². The van der Waals surface area contributed by atoms with Gasteiger partial charge in [-0.05, 0) is 29.8 Å². The van der Waals surface area contributed by atoms with Gasteiger partial charge in [-0.3, -0.25) is 9.59 Å². The van der Waals surface area contributed by atoms with Crippen LogP contribution in [0.1, 0.15) is 12.0 Å². The average Bonchev–Trinajstić information content (AvgIpc) is 2.55. The summed E-state index contributed by atoms with van der Waals surface area (Å²) in [4.78, 5) is 27.3. The number of halogens is 1. The molecule has 2 amide bonds. The number of para-hydroxylation sites is 1. The number of anilines is 1. The predicted molar refractivity (Wildman–Crippen MR) is 97.3 cm³/mol. The highest BCUT2D eigenvalue weighted by Crippen LogP contribution is 2.36. The third-order valence-electron chi connectivity index (χ3n) is 3.80. The Morgan fingerprint density at radius 2 is 2.04 bits per heavy atom. The van der Waals surface area contributed by atoms with Gasteiger partial charge in [0.1, 0.15) is 0 Å². The molecule has 0 saturated heterocycles. The third kappa shape index (κ3) is 3.91. The molecule has 0 fully saturated rings. The number of benzene rings is 2. The Kier molecular flexibility index (Phi) is 5.11. The molecular formula is C18H17ClN2O2S. The van der Waals surface area contributed by atoms with Crippen LogP contribution in [0.5, 0.6) is 0 Å². The summed E-state index contributed by atoms with van der Waals surface area (Å²) in [6, 6.07) is 15.0. The first-order chi connectivity index (χ1) is 11.5. The van der Waals surface area contributed by atoms with E-state index in [1.54, 1.807) is 18.0 Å². The van der Waals surface area contributed by atoms with Gasteiger partial charge in [-0.15, -0.1) is 11.8 Å². The number of thioether (sulfide) groups is 1. The van der Waals surface area contributed by atoms with Crippen molar-refractivity contribution in [3.63, 3.8) is 0 Å². The van der Waals surface area contributed by atoms with Gasteiger partial charge in [-0.25, -0.2) is 0 Å². The lowest BCUT2D eigenvalue weighted by molar-refractivity contribution is -0.131. The van der Waals surface area contributed by atoms with Crippen molar-refractivity contribution >= 4 is 40.9 Å². The first kappa shape index (κ1) is 16.9. The number of carbonyl (C=O) groups is 2. The second-order valence-corrected chi connectivity index (χ2v) is 7.36. The number of hydrogen-bond donors (Lipinski definition) is 1. The Bertz CT molecular complexity index is 781. The minimum atomic E-state index is -0.408. The lowest BCUT2D eigenvalue weighted by Gasteiger charge is -2.25. The molecule has 1 N–H and O–H groups in total. The van der Waals surface area contributed by atoms with Crippen molar-refractivity contribution in [2.75, 3.05) is 12.4 Å². The largest absolute Gasteiger partial charge is 0.341 e. The molecule has 2 aromatic rings. The fourth-order valence-corrected chi connectivity index (χ4v) is 3.85. The Morgan fingerprint density at radius 1 is 1.25 bits per heavy atom. The summed E-state index contributed by atoms with van der Waals surface area (Å²) in [6.07, 6.45) is 0.169. The van der Waals surface area contributed by atoms with Gasteiger partial charge < -0.3 is 10.2 Å². The number of nitrogens with one attached hydrogen (secondary N) is 1. The second-order valence-electron chi connectivity index (χ2n) is 5.68. The van der Waals surface area contributed by atoms with E-state index in [1.807, 2.05) is 42.5 Å². The summed E-state index contributed by atoms with van der Waals surface area (Å²) in [6.45, 7) is 0.467. The van der Waals surface area contributed by atoms with Crippen LogP contribution in [0.4, 0.5) is 5.69 Å². The fourth-order valence-electron chi connectivity index (χ4n) is 2.54. The summed E-state index contributed by atoms with van der Waals surface area (Å²) in [5.74, 6) is -0.190. The highest BCUT2D eigenvalue weighted by atomic mass is 35.5. The van der Waals surface area contributed by atoms with Crippen LogP contribution in [0.15, 0.2) is 53.4 Å². The standard InChI is InChI=1S/C18H17ClN2O2S/c1-21(11-12-5-4-6-13(19)9-12)17(22)10-16-18(23)20-14-7-2-3-8-15(14)24-16/h2-9,16H,10-11H2,1H3,(H,20,23)/t16-/m1/s1. The number of nitrogens with zero attached hydrogens (tertiary/aromatic N) is 1. The molecule has 1 atom stereocenters. The van der Waals surface area contributed by atoms with Gasteiger partial charge in [0, 0.05) is 29.9 Å². The quantitative estimate of drug-likeness (QED) is 0.902. The van der Waals surface area contributed by atoms with E-state index in [0.717, 1.165) is 16.1 Å². The summed E-state index contributed by atoms with van der Waals surface area (Å²) >= 11 is 7.41. The van der Waals surface area contributed by atoms with E-state index in [1.165, 1.54) is 11.8 Å². The minimum Gasteiger partial charge on any atom is -0.341 e. The summed E-state index contributed by atoms with van der Waals surface area (Å²) < 4.78 is 0. The molecule has 0 bridgehead atoms. The number of fused-ring (bicyclic) bond motifs is 1. The lowest BCUT2D eigenvalue weighted by atomic mass is 10.2. The zero-order valence-corrected chi connectivity index (χ0v) is 14.7. The van der Waals surface area contributed by atoms with Gasteiger partial charge >= 0.3 is 0 Å². The maximum Gasteiger partial charge on any atom is 0.238 e. The molecule has 0 spiro atoms. The molecular weight excluding hydrogens is 344 g/mol. The molecule has 6 heteroatoms. The van der Waals surface area contributed by atoms with Crippen LogP contribution in [0.2, 0.25) is 5.02 Å². The molecule has 0 aromatic heterocycles. The molecule has 1 heterocycles. The molecule has 1 aliphatic rings. The zero-order chi connectivity index (χ0) is 17.1. The van der Waals surface area contributed by atoms with Crippen LogP contribution >= 0.6 is 23.4 Å². The van der Waals surface area contributed by atoms with Crippen molar-refractivity contribution in [2.45, 2.75) is 23.1 Å². The summed E-state index contributed by atoms with van der Waals surface area (Å²) in [5, 5.41) is 3.10. The topological polar surface area (TPSA) is 49.4 Å². The van der Waals surface area contributed by atoms with Crippen LogP contribution in [-0.4, -0.2) is 29.0 Å². The zero-order valence-electron chi connectivity index (χ0n) is 13.2. The van der Waals surface area contributed by atoms with E-state index < -0.39 is 5.25 Å². The molecule has 0 aliphatic carbocycles. The van der Waals surface area contributed by atoms with Crippen molar-refractivity contribution < 1.29 is 9.59 Å². The summed E-state index contributed by atoms with van der Waals surface area (Å²) in [5.41, 5.74) is 1.77. The predicted octanol–water partition coefficient (Wildman–Crippen LogP) is 3.80. The van der Waals surface area contributed by atoms with Crippen molar-refractivity contribution in [1.82, 2.24) is 4.90 Å². The Hall–Kier alpha value is -1.98. The molecule has 1 aliphatic heterocycles. The average molecular weight is 361 g/mol. The maximum absolute atomic E-state index is 12.5. The number of carbonyl (C=O) groups excluding carboxylic acids is 2. The molecule has 0 saturated carbocycles. The highest BCUT2D eigenvalue weighted by molar-refractivity contribution is 8.01. The van der Waals surface area contributed by atoms with Gasteiger partial charge in [0.05, 0.1) is 10.9 Å². The van der Waals surface area contributed by atoms with Gasteiger partial charge in [0.25, 0.3) is 0 Å². The van der Waals surface area contributed by atoms with Crippen molar-refractivity contribution in [3.05, 3.63) is 59.1 Å². The Labute approximate surface area is 150 Å². The molecule has 0 radical (unpaired) electrons. The molecule has 4 nitrogen and oxygen atoms in total. The Morgan fingerprint density at radius 3 is 2.83 bits per heavy atom.